The van der Waals surface area contributed by atoms with Crippen molar-refractivity contribution in [3.8, 4) is 0 Å². The van der Waals surface area contributed by atoms with E-state index in [1.54, 1.807) is 7.05 Å². The van der Waals surface area contributed by atoms with Gasteiger partial charge in [0.1, 0.15) is 11.7 Å². The summed E-state index contributed by atoms with van der Waals surface area (Å²) in [5.74, 6) is -0.643. The van der Waals surface area contributed by atoms with Crippen molar-refractivity contribution >= 4 is 39.9 Å². The molecule has 0 aromatic carbocycles. The summed E-state index contributed by atoms with van der Waals surface area (Å²) >= 11 is 11.3. The first-order chi connectivity index (χ1) is 8.08. The average Bonchev–Trinajstić information content (AvgIpc) is 2.30. The van der Waals surface area contributed by atoms with Crippen molar-refractivity contribution in [2.24, 2.45) is 0 Å². The van der Waals surface area contributed by atoms with Crippen LogP contribution in [0.3, 0.4) is 0 Å². The lowest BCUT2D eigenvalue weighted by molar-refractivity contribution is 0.623. The zero-order valence-electron chi connectivity index (χ0n) is 8.80. The third-order valence-corrected chi connectivity index (χ3v) is 2.89. The highest BCUT2D eigenvalue weighted by atomic mass is 35.5. The standard InChI is InChI=1S/C10H8Cl2FN3O/c1-14-7-3-8(17)16(4-11)10-5(7)2-6(13)9(12)15-10/h2-3,14H,4H2,1H3. The van der Waals surface area contributed by atoms with Crippen LogP contribution in [0, 0.1) is 5.82 Å². The number of nitrogens with one attached hydrogen (secondary N) is 1. The minimum Gasteiger partial charge on any atom is -0.387 e. The van der Waals surface area contributed by atoms with Gasteiger partial charge in [0.05, 0.1) is 5.69 Å². The molecule has 2 rings (SSSR count). The van der Waals surface area contributed by atoms with Crippen molar-refractivity contribution in [2.75, 3.05) is 12.4 Å². The first-order valence-corrected chi connectivity index (χ1v) is 5.63. The fourth-order valence-corrected chi connectivity index (χ4v) is 1.93. The Morgan fingerprint density at radius 1 is 1.53 bits per heavy atom. The number of rotatable bonds is 2. The maximum atomic E-state index is 13.4. The number of aromatic nitrogens is 2. The molecule has 17 heavy (non-hydrogen) atoms. The van der Waals surface area contributed by atoms with Crippen LogP contribution < -0.4 is 10.9 Å². The predicted molar refractivity (Wildman–Crippen MR) is 66.4 cm³/mol. The minimum absolute atomic E-state index is 0.0751. The molecule has 0 saturated heterocycles. The van der Waals surface area contributed by atoms with Gasteiger partial charge in [-0.1, -0.05) is 11.6 Å². The fourth-order valence-electron chi connectivity index (χ4n) is 1.57. The highest BCUT2D eigenvalue weighted by Crippen LogP contribution is 2.24. The van der Waals surface area contributed by atoms with Gasteiger partial charge in [0, 0.05) is 18.5 Å². The Labute approximate surface area is 106 Å². The lowest BCUT2D eigenvalue weighted by Crippen LogP contribution is -2.19. The molecule has 2 aromatic heterocycles. The quantitative estimate of drug-likeness (QED) is 0.677. The van der Waals surface area contributed by atoms with Gasteiger partial charge >= 0.3 is 0 Å². The summed E-state index contributed by atoms with van der Waals surface area (Å²) in [6, 6.07) is 2.48. The van der Waals surface area contributed by atoms with Crippen LogP contribution in [0.4, 0.5) is 10.1 Å². The summed E-state index contributed by atoms with van der Waals surface area (Å²) < 4.78 is 14.6. The summed E-state index contributed by atoms with van der Waals surface area (Å²) in [7, 11) is 1.63. The largest absolute Gasteiger partial charge is 0.387 e. The molecule has 0 fully saturated rings. The van der Waals surface area contributed by atoms with Crippen LogP contribution in [0.25, 0.3) is 11.0 Å². The molecule has 0 amide bonds. The van der Waals surface area contributed by atoms with Gasteiger partial charge in [0.15, 0.2) is 11.0 Å². The Balaban J connectivity index is 2.97. The van der Waals surface area contributed by atoms with Crippen molar-refractivity contribution in [1.82, 2.24) is 9.55 Å². The molecule has 1 N–H and O–H groups in total. The van der Waals surface area contributed by atoms with E-state index >= 15 is 0 Å². The Hall–Kier alpha value is -1.33. The van der Waals surface area contributed by atoms with E-state index in [2.05, 4.69) is 10.3 Å². The molecule has 0 unspecified atom stereocenters. The van der Waals surface area contributed by atoms with Gasteiger partial charge in [0.2, 0.25) is 0 Å². The number of alkyl halides is 1. The summed E-state index contributed by atoms with van der Waals surface area (Å²) in [6.45, 7) is 0. The summed E-state index contributed by atoms with van der Waals surface area (Å²) in [5, 5.41) is 2.97. The van der Waals surface area contributed by atoms with E-state index in [9.17, 15) is 9.18 Å². The van der Waals surface area contributed by atoms with E-state index in [-0.39, 0.29) is 22.4 Å². The predicted octanol–water partition coefficient (Wildman–Crippen LogP) is 2.43. The molecule has 0 aliphatic rings. The molecule has 2 aromatic rings. The highest BCUT2D eigenvalue weighted by Gasteiger charge is 2.12. The summed E-state index contributed by atoms with van der Waals surface area (Å²) in [6.07, 6.45) is 0. The molecule has 4 nitrogen and oxygen atoms in total. The SMILES string of the molecule is CNc1cc(=O)n(CCl)c2nc(Cl)c(F)cc12. The molecule has 0 saturated carbocycles. The van der Waals surface area contributed by atoms with E-state index in [0.29, 0.717) is 11.1 Å². The molecule has 2 heterocycles. The normalized spacial score (nSPS) is 10.8. The minimum atomic E-state index is -0.643. The Bertz CT molecular complexity index is 641. The van der Waals surface area contributed by atoms with Gasteiger partial charge in [0.25, 0.3) is 5.56 Å². The van der Waals surface area contributed by atoms with Crippen LogP contribution in [-0.4, -0.2) is 16.6 Å². The summed E-state index contributed by atoms with van der Waals surface area (Å²) in [4.78, 5) is 15.5. The van der Waals surface area contributed by atoms with E-state index < -0.39 is 5.82 Å². The Morgan fingerprint density at radius 2 is 2.24 bits per heavy atom. The number of anilines is 1. The molecular formula is C10H8Cl2FN3O. The van der Waals surface area contributed by atoms with Gasteiger partial charge < -0.3 is 5.32 Å². The van der Waals surface area contributed by atoms with Gasteiger partial charge in [-0.2, -0.15) is 0 Å². The van der Waals surface area contributed by atoms with E-state index in [1.165, 1.54) is 16.7 Å². The zero-order valence-corrected chi connectivity index (χ0v) is 10.3. The number of halogens is 3. The second-order valence-electron chi connectivity index (χ2n) is 3.33. The van der Waals surface area contributed by atoms with Crippen LogP contribution in [0.15, 0.2) is 16.9 Å². The second-order valence-corrected chi connectivity index (χ2v) is 3.92. The van der Waals surface area contributed by atoms with Crippen LogP contribution in [0.2, 0.25) is 5.15 Å². The third kappa shape index (κ3) is 1.96. The third-order valence-electron chi connectivity index (χ3n) is 2.38. The van der Waals surface area contributed by atoms with Crippen molar-refractivity contribution in [3.63, 3.8) is 0 Å². The lowest BCUT2D eigenvalue weighted by Gasteiger charge is -2.10. The molecule has 0 spiro atoms. The number of nitrogens with zero attached hydrogens (tertiary/aromatic N) is 2. The highest BCUT2D eigenvalue weighted by molar-refractivity contribution is 6.30. The molecular weight excluding hydrogens is 268 g/mol. The van der Waals surface area contributed by atoms with E-state index in [4.69, 9.17) is 23.2 Å². The smallest absolute Gasteiger partial charge is 0.255 e. The molecule has 0 bridgehead atoms. The van der Waals surface area contributed by atoms with Crippen LogP contribution in [0.1, 0.15) is 0 Å². The number of hydrogen-bond acceptors (Lipinski definition) is 3. The maximum absolute atomic E-state index is 13.4. The van der Waals surface area contributed by atoms with Crippen LogP contribution in [-0.2, 0) is 6.00 Å². The molecule has 0 aliphatic carbocycles. The van der Waals surface area contributed by atoms with Gasteiger partial charge in [-0.3, -0.25) is 9.36 Å². The monoisotopic (exact) mass is 275 g/mol. The topological polar surface area (TPSA) is 46.9 Å². The molecule has 90 valence electrons. The summed E-state index contributed by atoms with van der Waals surface area (Å²) in [5.41, 5.74) is 0.407. The number of fused-ring (bicyclic) bond motifs is 1. The van der Waals surface area contributed by atoms with Gasteiger partial charge in [-0.25, -0.2) is 9.37 Å². The van der Waals surface area contributed by atoms with Crippen molar-refractivity contribution < 1.29 is 4.39 Å². The maximum Gasteiger partial charge on any atom is 0.255 e. The van der Waals surface area contributed by atoms with Crippen molar-refractivity contribution in [3.05, 3.63) is 33.5 Å². The Kier molecular flexibility index (Phi) is 3.22. The molecule has 0 aliphatic heterocycles. The second kappa shape index (κ2) is 4.50. The van der Waals surface area contributed by atoms with E-state index in [0.717, 1.165) is 0 Å². The molecule has 7 heteroatoms. The number of hydrogen-bond donors (Lipinski definition) is 1. The van der Waals surface area contributed by atoms with Crippen LogP contribution >= 0.6 is 23.2 Å². The molecule has 0 radical (unpaired) electrons. The number of pyridine rings is 2. The van der Waals surface area contributed by atoms with Crippen molar-refractivity contribution in [2.45, 2.75) is 6.00 Å². The van der Waals surface area contributed by atoms with Gasteiger partial charge in [-0.05, 0) is 6.07 Å². The average molecular weight is 276 g/mol. The zero-order chi connectivity index (χ0) is 12.6. The van der Waals surface area contributed by atoms with Crippen LogP contribution in [0.5, 0.6) is 0 Å². The fraction of sp³-hybridized carbons (Fsp3) is 0.200. The first-order valence-electron chi connectivity index (χ1n) is 4.71. The van der Waals surface area contributed by atoms with Crippen molar-refractivity contribution in [1.29, 1.82) is 0 Å². The Morgan fingerprint density at radius 3 is 2.82 bits per heavy atom. The van der Waals surface area contributed by atoms with Gasteiger partial charge in [-0.15, -0.1) is 11.6 Å². The first kappa shape index (κ1) is 12.1. The van der Waals surface area contributed by atoms with E-state index in [1.807, 2.05) is 0 Å². The lowest BCUT2D eigenvalue weighted by atomic mass is 10.2. The molecule has 0 atom stereocenters.